The number of nitrogens with one attached hydrogen (secondary N) is 1. The number of nitriles is 1. The Labute approximate surface area is 191 Å². The van der Waals surface area contributed by atoms with Gasteiger partial charge in [0.25, 0.3) is 0 Å². The highest BCUT2D eigenvalue weighted by atomic mass is 16.5. The molecule has 5 heteroatoms. The van der Waals surface area contributed by atoms with Gasteiger partial charge >= 0.3 is 0 Å². The molecular formula is C27H32N4O. The predicted molar refractivity (Wildman–Crippen MR) is 129 cm³/mol. The summed E-state index contributed by atoms with van der Waals surface area (Å²) < 4.78 is 7.28. The molecule has 0 saturated heterocycles. The molecule has 32 heavy (non-hydrogen) atoms. The van der Waals surface area contributed by atoms with Crippen LogP contribution in [0.15, 0.2) is 54.9 Å². The van der Waals surface area contributed by atoms with Gasteiger partial charge in [-0.2, -0.15) is 10.4 Å². The molecule has 166 valence electrons. The normalized spacial score (nSPS) is 18.3. The van der Waals surface area contributed by atoms with Crippen LogP contribution in [0.1, 0.15) is 62.6 Å². The zero-order chi connectivity index (χ0) is 22.5. The molecule has 0 aliphatic heterocycles. The van der Waals surface area contributed by atoms with Crippen molar-refractivity contribution in [3.8, 4) is 22.9 Å². The summed E-state index contributed by atoms with van der Waals surface area (Å²) in [7, 11) is 1.61. The molecule has 0 bridgehead atoms. The minimum absolute atomic E-state index is 0.365. The Morgan fingerprint density at radius 1 is 1.12 bits per heavy atom. The van der Waals surface area contributed by atoms with E-state index in [4.69, 9.17) is 4.74 Å². The van der Waals surface area contributed by atoms with Crippen LogP contribution in [-0.4, -0.2) is 23.4 Å². The van der Waals surface area contributed by atoms with Gasteiger partial charge in [0.1, 0.15) is 11.8 Å². The number of ether oxygens (including phenoxy) is 1. The molecule has 0 spiro atoms. The molecule has 3 aromatic rings. The number of rotatable bonds is 7. The van der Waals surface area contributed by atoms with Crippen LogP contribution in [0.3, 0.4) is 0 Å². The fraction of sp³-hybridized carbons (Fsp3) is 0.407. The lowest BCUT2D eigenvalue weighted by molar-refractivity contribution is 0.338. The smallest absolute Gasteiger partial charge is 0.136 e. The average molecular weight is 429 g/mol. The van der Waals surface area contributed by atoms with Crippen molar-refractivity contribution < 1.29 is 4.74 Å². The SMILES string of the molecule is COc1ccc([C@H]2CC[C@H](CNc3cccc(-c4cnn(C(C)C)c4)c3)CC2)cc1C#N. The molecule has 1 heterocycles. The van der Waals surface area contributed by atoms with Crippen molar-refractivity contribution in [1.29, 1.82) is 5.26 Å². The van der Waals surface area contributed by atoms with Crippen molar-refractivity contribution >= 4 is 5.69 Å². The fourth-order valence-corrected chi connectivity index (χ4v) is 4.61. The molecule has 1 fully saturated rings. The van der Waals surface area contributed by atoms with E-state index in [1.165, 1.54) is 24.0 Å². The number of aromatic nitrogens is 2. The number of nitrogens with zero attached hydrogens (tertiary/aromatic N) is 3. The highest BCUT2D eigenvalue weighted by molar-refractivity contribution is 5.67. The van der Waals surface area contributed by atoms with E-state index < -0.39 is 0 Å². The number of anilines is 1. The maximum Gasteiger partial charge on any atom is 0.136 e. The maximum atomic E-state index is 9.37. The first-order chi connectivity index (χ1) is 15.6. The zero-order valence-corrected chi connectivity index (χ0v) is 19.2. The summed E-state index contributed by atoms with van der Waals surface area (Å²) >= 11 is 0. The first-order valence-electron chi connectivity index (χ1n) is 11.5. The largest absolute Gasteiger partial charge is 0.495 e. The number of hydrogen-bond donors (Lipinski definition) is 1. The quantitative estimate of drug-likeness (QED) is 0.473. The van der Waals surface area contributed by atoms with E-state index >= 15 is 0 Å². The zero-order valence-electron chi connectivity index (χ0n) is 19.2. The monoisotopic (exact) mass is 428 g/mol. The van der Waals surface area contributed by atoms with Gasteiger partial charge in [-0.25, -0.2) is 0 Å². The van der Waals surface area contributed by atoms with Gasteiger partial charge in [-0.1, -0.05) is 18.2 Å². The van der Waals surface area contributed by atoms with E-state index in [1.807, 2.05) is 23.0 Å². The Morgan fingerprint density at radius 2 is 1.94 bits per heavy atom. The lowest BCUT2D eigenvalue weighted by Crippen LogP contribution is -2.20. The van der Waals surface area contributed by atoms with Crippen LogP contribution in [0.2, 0.25) is 0 Å². The topological polar surface area (TPSA) is 62.9 Å². The minimum atomic E-state index is 0.365. The molecule has 2 aromatic carbocycles. The lowest BCUT2D eigenvalue weighted by Gasteiger charge is -2.29. The maximum absolute atomic E-state index is 9.37. The van der Waals surface area contributed by atoms with E-state index in [-0.39, 0.29) is 0 Å². The van der Waals surface area contributed by atoms with Crippen LogP contribution in [0, 0.1) is 17.2 Å². The molecule has 0 atom stereocenters. The van der Waals surface area contributed by atoms with E-state index in [1.54, 1.807) is 7.11 Å². The Morgan fingerprint density at radius 3 is 2.62 bits per heavy atom. The van der Waals surface area contributed by atoms with Crippen molar-refractivity contribution in [3.63, 3.8) is 0 Å². The standard InChI is InChI=1S/C27H32N4O/c1-19(2)31-18-25(17-30-31)22-5-4-6-26(14-22)29-16-20-7-9-21(10-8-20)23-11-12-27(32-3)24(13-23)15-28/h4-6,11-14,17-21,29H,7-10,16H2,1-3H3/t20-,21-. The molecule has 1 N–H and O–H groups in total. The highest BCUT2D eigenvalue weighted by Crippen LogP contribution is 2.37. The molecule has 0 radical (unpaired) electrons. The molecule has 5 nitrogen and oxygen atoms in total. The van der Waals surface area contributed by atoms with Crippen molar-refractivity contribution in [3.05, 3.63) is 66.0 Å². The van der Waals surface area contributed by atoms with Gasteiger partial charge < -0.3 is 10.1 Å². The van der Waals surface area contributed by atoms with Crippen molar-refractivity contribution in [2.45, 2.75) is 51.5 Å². The Bertz CT molecular complexity index is 1090. The summed E-state index contributed by atoms with van der Waals surface area (Å²) in [6.07, 6.45) is 8.79. The second-order valence-electron chi connectivity index (χ2n) is 9.05. The molecule has 1 saturated carbocycles. The molecule has 0 unspecified atom stereocenters. The third-order valence-corrected chi connectivity index (χ3v) is 6.58. The minimum Gasteiger partial charge on any atom is -0.495 e. The summed E-state index contributed by atoms with van der Waals surface area (Å²) in [6.45, 7) is 5.27. The second kappa shape index (κ2) is 9.91. The molecule has 1 aromatic heterocycles. The van der Waals surface area contributed by atoms with Crippen LogP contribution in [-0.2, 0) is 0 Å². The Balaban J connectivity index is 1.32. The first-order valence-corrected chi connectivity index (χ1v) is 11.5. The van der Waals surface area contributed by atoms with Crippen LogP contribution < -0.4 is 10.1 Å². The van der Waals surface area contributed by atoms with Gasteiger partial charge in [-0.3, -0.25) is 4.68 Å². The Kier molecular flexibility index (Phi) is 6.80. The molecule has 1 aliphatic carbocycles. The van der Waals surface area contributed by atoms with E-state index in [0.29, 0.717) is 29.2 Å². The number of hydrogen-bond acceptors (Lipinski definition) is 4. The molecule has 0 amide bonds. The summed E-state index contributed by atoms with van der Waals surface area (Å²) in [6, 6.07) is 17.3. The van der Waals surface area contributed by atoms with E-state index in [0.717, 1.165) is 30.6 Å². The van der Waals surface area contributed by atoms with Crippen molar-refractivity contribution in [2.24, 2.45) is 5.92 Å². The van der Waals surface area contributed by atoms with Crippen LogP contribution in [0.25, 0.3) is 11.1 Å². The molecule has 1 aliphatic rings. The van der Waals surface area contributed by atoms with Gasteiger partial charge in [0.2, 0.25) is 0 Å². The van der Waals surface area contributed by atoms with Gasteiger partial charge in [0.05, 0.1) is 18.9 Å². The van der Waals surface area contributed by atoms with E-state index in [2.05, 4.69) is 66.9 Å². The number of methoxy groups -OCH3 is 1. The van der Waals surface area contributed by atoms with Crippen molar-refractivity contribution in [2.75, 3.05) is 19.0 Å². The fourth-order valence-electron chi connectivity index (χ4n) is 4.61. The molecule has 4 rings (SSSR count). The third kappa shape index (κ3) is 4.96. The van der Waals surface area contributed by atoms with Crippen LogP contribution >= 0.6 is 0 Å². The first kappa shape index (κ1) is 22.0. The second-order valence-corrected chi connectivity index (χ2v) is 9.05. The Hall–Kier alpha value is -3.26. The van der Waals surface area contributed by atoms with Gasteiger partial charge in [-0.05, 0) is 86.8 Å². The highest BCUT2D eigenvalue weighted by Gasteiger charge is 2.23. The summed E-state index contributed by atoms with van der Waals surface area (Å²) in [4.78, 5) is 0. The lowest BCUT2D eigenvalue weighted by atomic mass is 9.78. The van der Waals surface area contributed by atoms with Gasteiger partial charge in [-0.15, -0.1) is 0 Å². The number of benzene rings is 2. The summed E-state index contributed by atoms with van der Waals surface area (Å²) in [5.74, 6) is 1.87. The summed E-state index contributed by atoms with van der Waals surface area (Å²) in [5.41, 5.74) is 5.41. The van der Waals surface area contributed by atoms with Crippen LogP contribution in [0.5, 0.6) is 5.75 Å². The van der Waals surface area contributed by atoms with Crippen molar-refractivity contribution in [1.82, 2.24) is 9.78 Å². The third-order valence-electron chi connectivity index (χ3n) is 6.58. The predicted octanol–water partition coefficient (Wildman–Crippen LogP) is 6.40. The summed E-state index contributed by atoms with van der Waals surface area (Å²) in [5, 5.41) is 17.5. The van der Waals surface area contributed by atoms with E-state index in [9.17, 15) is 5.26 Å². The van der Waals surface area contributed by atoms with Gasteiger partial charge in [0.15, 0.2) is 0 Å². The van der Waals surface area contributed by atoms with Crippen LogP contribution in [0.4, 0.5) is 5.69 Å². The van der Waals surface area contributed by atoms with Gasteiger partial charge in [0, 0.05) is 30.0 Å². The molecular weight excluding hydrogens is 396 g/mol. The average Bonchev–Trinajstić information content (AvgIpc) is 3.34.